The molecule has 0 fully saturated rings. The highest BCUT2D eigenvalue weighted by Crippen LogP contribution is 2.15. The number of anilines is 1. The van der Waals surface area contributed by atoms with Crippen molar-refractivity contribution in [2.75, 3.05) is 39.2 Å². The maximum atomic E-state index is 14.2. The minimum Gasteiger partial charge on any atom is -0.382 e. The summed E-state index contributed by atoms with van der Waals surface area (Å²) in [4.78, 5) is 15.9. The molecule has 1 aromatic heterocycles. The van der Waals surface area contributed by atoms with Crippen LogP contribution < -0.4 is 10.6 Å². The Morgan fingerprint density at radius 1 is 1.48 bits per heavy atom. The number of rotatable bonds is 9. The summed E-state index contributed by atoms with van der Waals surface area (Å²) in [7, 11) is 3.07. The van der Waals surface area contributed by atoms with E-state index in [4.69, 9.17) is 9.47 Å². The van der Waals surface area contributed by atoms with Crippen molar-refractivity contribution in [1.29, 1.82) is 0 Å². The van der Waals surface area contributed by atoms with E-state index in [1.807, 2.05) is 6.92 Å². The van der Waals surface area contributed by atoms with E-state index in [1.54, 1.807) is 7.11 Å². The summed E-state index contributed by atoms with van der Waals surface area (Å²) in [5, 5.41) is 5.46. The van der Waals surface area contributed by atoms with E-state index < -0.39 is 11.7 Å². The van der Waals surface area contributed by atoms with Crippen molar-refractivity contribution < 1.29 is 18.7 Å². The lowest BCUT2D eigenvalue weighted by Gasteiger charge is -2.15. The summed E-state index contributed by atoms with van der Waals surface area (Å²) >= 11 is 0. The van der Waals surface area contributed by atoms with Gasteiger partial charge in [-0.25, -0.2) is 9.37 Å². The predicted octanol–water partition coefficient (Wildman–Crippen LogP) is 1.43. The monoisotopic (exact) mass is 299 g/mol. The van der Waals surface area contributed by atoms with E-state index in [1.165, 1.54) is 19.4 Å². The Labute approximate surface area is 124 Å². The standard InChI is InChI=1S/C14H22FN3O3/c1-4-6-16-13-12(15)11(5-7-17-13)14(19)18-8-10(21-3)9-20-2/h5,7,10H,4,6,8-9H2,1-3H3,(H,16,17)(H,18,19). The van der Waals surface area contributed by atoms with Crippen molar-refractivity contribution in [3.63, 3.8) is 0 Å². The molecule has 1 unspecified atom stereocenters. The van der Waals surface area contributed by atoms with Gasteiger partial charge in [0.25, 0.3) is 5.91 Å². The lowest BCUT2D eigenvalue weighted by atomic mass is 10.2. The molecule has 1 atom stereocenters. The Hall–Kier alpha value is -1.73. The number of hydrogen-bond donors (Lipinski definition) is 2. The van der Waals surface area contributed by atoms with Gasteiger partial charge in [-0.05, 0) is 12.5 Å². The molecule has 21 heavy (non-hydrogen) atoms. The largest absolute Gasteiger partial charge is 0.382 e. The molecule has 0 saturated heterocycles. The molecule has 6 nitrogen and oxygen atoms in total. The van der Waals surface area contributed by atoms with Crippen molar-refractivity contribution in [1.82, 2.24) is 10.3 Å². The van der Waals surface area contributed by atoms with Crippen LogP contribution in [0.1, 0.15) is 23.7 Å². The Bertz CT molecular complexity index is 457. The summed E-state index contributed by atoms with van der Waals surface area (Å²) in [5.41, 5.74) is -0.0455. The van der Waals surface area contributed by atoms with E-state index in [-0.39, 0.29) is 24.0 Å². The van der Waals surface area contributed by atoms with Crippen molar-refractivity contribution >= 4 is 11.7 Å². The smallest absolute Gasteiger partial charge is 0.254 e. The Kier molecular flexibility index (Phi) is 7.63. The maximum absolute atomic E-state index is 14.2. The molecule has 2 N–H and O–H groups in total. The second kappa shape index (κ2) is 9.25. The molecule has 0 aliphatic carbocycles. The van der Waals surface area contributed by atoms with Gasteiger partial charge in [0, 0.05) is 33.5 Å². The van der Waals surface area contributed by atoms with E-state index >= 15 is 0 Å². The van der Waals surface area contributed by atoms with Crippen LogP contribution in [0.2, 0.25) is 0 Å². The van der Waals surface area contributed by atoms with Crippen LogP contribution in [0.3, 0.4) is 0 Å². The van der Waals surface area contributed by atoms with E-state index in [0.29, 0.717) is 13.2 Å². The second-order valence-electron chi connectivity index (χ2n) is 4.47. The highest BCUT2D eigenvalue weighted by molar-refractivity contribution is 5.95. The number of halogens is 1. The Balaban J connectivity index is 2.69. The number of methoxy groups -OCH3 is 2. The summed E-state index contributed by atoms with van der Waals surface area (Å²) in [6.07, 6.45) is 1.96. The van der Waals surface area contributed by atoms with Crippen LogP contribution in [-0.4, -0.2) is 50.9 Å². The third kappa shape index (κ3) is 5.28. The molecular weight excluding hydrogens is 277 g/mol. The minimum absolute atomic E-state index is 0.0455. The molecule has 0 aliphatic rings. The normalized spacial score (nSPS) is 12.0. The molecule has 1 rings (SSSR count). The fourth-order valence-electron chi connectivity index (χ4n) is 1.68. The topological polar surface area (TPSA) is 72.5 Å². The fraction of sp³-hybridized carbons (Fsp3) is 0.571. The molecule has 0 saturated carbocycles. The average Bonchev–Trinajstić information content (AvgIpc) is 2.50. The van der Waals surface area contributed by atoms with E-state index in [9.17, 15) is 9.18 Å². The van der Waals surface area contributed by atoms with Crippen LogP contribution in [-0.2, 0) is 9.47 Å². The van der Waals surface area contributed by atoms with Crippen molar-refractivity contribution in [2.45, 2.75) is 19.4 Å². The molecule has 0 radical (unpaired) electrons. The fourth-order valence-corrected chi connectivity index (χ4v) is 1.68. The highest BCUT2D eigenvalue weighted by atomic mass is 19.1. The zero-order valence-electron chi connectivity index (χ0n) is 12.6. The predicted molar refractivity (Wildman–Crippen MR) is 78.0 cm³/mol. The van der Waals surface area contributed by atoms with Crippen LogP contribution in [0.15, 0.2) is 12.3 Å². The van der Waals surface area contributed by atoms with Crippen molar-refractivity contribution in [2.24, 2.45) is 0 Å². The summed E-state index contributed by atoms with van der Waals surface area (Å²) in [5.74, 6) is -1.07. The van der Waals surface area contributed by atoms with Gasteiger partial charge < -0.3 is 20.1 Å². The Morgan fingerprint density at radius 3 is 2.86 bits per heavy atom. The number of ether oxygens (including phenoxy) is 2. The first-order chi connectivity index (χ1) is 10.1. The van der Waals surface area contributed by atoms with E-state index in [2.05, 4.69) is 15.6 Å². The number of nitrogens with zero attached hydrogens (tertiary/aromatic N) is 1. The van der Waals surface area contributed by atoms with Crippen molar-refractivity contribution in [3.8, 4) is 0 Å². The summed E-state index contributed by atoms with van der Waals surface area (Å²) < 4.78 is 24.2. The average molecular weight is 299 g/mol. The molecule has 7 heteroatoms. The number of pyridine rings is 1. The number of aromatic nitrogens is 1. The molecule has 0 bridgehead atoms. The first kappa shape index (κ1) is 17.3. The van der Waals surface area contributed by atoms with Crippen LogP contribution in [0.5, 0.6) is 0 Å². The molecule has 118 valence electrons. The summed E-state index contributed by atoms with van der Waals surface area (Å²) in [6, 6.07) is 1.35. The first-order valence-corrected chi connectivity index (χ1v) is 6.82. The van der Waals surface area contributed by atoms with Crippen LogP contribution in [0.4, 0.5) is 10.2 Å². The SMILES string of the molecule is CCCNc1nccc(C(=O)NCC(COC)OC)c1F. The highest BCUT2D eigenvalue weighted by Gasteiger charge is 2.17. The third-order valence-electron chi connectivity index (χ3n) is 2.85. The van der Waals surface area contributed by atoms with Gasteiger partial charge in [0.2, 0.25) is 0 Å². The van der Waals surface area contributed by atoms with Crippen LogP contribution in [0, 0.1) is 5.82 Å². The first-order valence-electron chi connectivity index (χ1n) is 6.82. The molecule has 0 spiro atoms. The number of hydrogen-bond acceptors (Lipinski definition) is 5. The molecule has 1 aromatic rings. The van der Waals surface area contributed by atoms with Gasteiger partial charge in [0.1, 0.15) is 0 Å². The van der Waals surface area contributed by atoms with Crippen LogP contribution >= 0.6 is 0 Å². The third-order valence-corrected chi connectivity index (χ3v) is 2.85. The lowest BCUT2D eigenvalue weighted by molar-refractivity contribution is 0.0285. The van der Waals surface area contributed by atoms with Gasteiger partial charge in [-0.1, -0.05) is 6.92 Å². The molecule has 0 aliphatic heterocycles. The zero-order chi connectivity index (χ0) is 15.7. The quantitative estimate of drug-likeness (QED) is 0.722. The minimum atomic E-state index is -0.649. The number of nitrogens with one attached hydrogen (secondary N) is 2. The number of carbonyl (C=O) groups excluding carboxylic acids is 1. The van der Waals surface area contributed by atoms with E-state index in [0.717, 1.165) is 6.42 Å². The molecule has 1 amide bonds. The van der Waals surface area contributed by atoms with Gasteiger partial charge in [-0.3, -0.25) is 4.79 Å². The second-order valence-corrected chi connectivity index (χ2v) is 4.47. The lowest BCUT2D eigenvalue weighted by Crippen LogP contribution is -2.36. The van der Waals surface area contributed by atoms with Gasteiger partial charge in [-0.15, -0.1) is 0 Å². The molecular formula is C14H22FN3O3. The van der Waals surface area contributed by atoms with Crippen molar-refractivity contribution in [3.05, 3.63) is 23.6 Å². The summed E-state index contributed by atoms with van der Waals surface area (Å²) in [6.45, 7) is 3.14. The maximum Gasteiger partial charge on any atom is 0.254 e. The Morgan fingerprint density at radius 2 is 2.24 bits per heavy atom. The molecule has 0 aromatic carbocycles. The van der Waals surface area contributed by atoms with Gasteiger partial charge in [0.05, 0.1) is 18.3 Å². The van der Waals surface area contributed by atoms with Gasteiger partial charge in [-0.2, -0.15) is 0 Å². The number of carbonyl (C=O) groups is 1. The zero-order valence-corrected chi connectivity index (χ0v) is 12.6. The van der Waals surface area contributed by atoms with Crippen LogP contribution in [0.25, 0.3) is 0 Å². The van der Waals surface area contributed by atoms with Gasteiger partial charge >= 0.3 is 0 Å². The van der Waals surface area contributed by atoms with Gasteiger partial charge in [0.15, 0.2) is 11.6 Å². The number of amides is 1. The molecule has 1 heterocycles.